The number of para-hydroxylation sites is 1. The average Bonchev–Trinajstić information content (AvgIpc) is 2.26. The molecule has 0 saturated heterocycles. The Hall–Kier alpha value is -1.77. The van der Waals surface area contributed by atoms with Crippen LogP contribution in [0.1, 0.15) is 12.5 Å². The van der Waals surface area contributed by atoms with Crippen LogP contribution in [-0.4, -0.2) is 17.6 Å². The van der Waals surface area contributed by atoms with E-state index < -0.39 is 5.97 Å². The van der Waals surface area contributed by atoms with E-state index in [1.54, 1.807) is 0 Å². The van der Waals surface area contributed by atoms with Crippen LogP contribution >= 0.6 is 0 Å². The van der Waals surface area contributed by atoms with Gasteiger partial charge in [0.1, 0.15) is 0 Å². The predicted molar refractivity (Wildman–Crippen MR) is 61.1 cm³/mol. The van der Waals surface area contributed by atoms with Gasteiger partial charge in [0.05, 0.1) is 0 Å². The Morgan fingerprint density at radius 1 is 1.47 bits per heavy atom. The van der Waals surface area contributed by atoms with Gasteiger partial charge >= 0.3 is 5.97 Å². The monoisotopic (exact) mass is 205 g/mol. The van der Waals surface area contributed by atoms with Gasteiger partial charge in [0.2, 0.25) is 0 Å². The van der Waals surface area contributed by atoms with E-state index >= 15 is 0 Å². The maximum atomic E-state index is 10.5. The first-order chi connectivity index (χ1) is 7.15. The molecule has 2 N–H and O–H groups in total. The normalized spacial score (nSPS) is 9.67. The zero-order valence-electron chi connectivity index (χ0n) is 8.79. The van der Waals surface area contributed by atoms with Crippen LogP contribution in [0.2, 0.25) is 0 Å². The third-order valence-electron chi connectivity index (χ3n) is 2.19. The summed E-state index contributed by atoms with van der Waals surface area (Å²) in [6, 6.07) is 7.85. The highest BCUT2D eigenvalue weighted by atomic mass is 16.4. The summed E-state index contributed by atoms with van der Waals surface area (Å²) < 4.78 is 0. The molecular weight excluding hydrogens is 190 g/mol. The SMILES string of the molecule is C=C(CNc1ccccc1CC)C(=O)O. The van der Waals surface area contributed by atoms with Gasteiger partial charge in [-0.25, -0.2) is 4.79 Å². The first kappa shape index (κ1) is 11.3. The summed E-state index contributed by atoms with van der Waals surface area (Å²) in [5.41, 5.74) is 2.32. The smallest absolute Gasteiger partial charge is 0.332 e. The molecule has 0 aliphatic heterocycles. The van der Waals surface area contributed by atoms with Crippen molar-refractivity contribution in [3.05, 3.63) is 42.0 Å². The predicted octanol–water partition coefficient (Wildman–Crippen LogP) is 2.30. The molecule has 3 heteroatoms. The van der Waals surface area contributed by atoms with Gasteiger partial charge in [-0.05, 0) is 18.1 Å². The molecule has 0 aromatic heterocycles. The van der Waals surface area contributed by atoms with Gasteiger partial charge in [0.15, 0.2) is 0 Å². The molecule has 1 rings (SSSR count). The van der Waals surface area contributed by atoms with E-state index in [2.05, 4.69) is 18.8 Å². The molecule has 0 spiro atoms. The highest BCUT2D eigenvalue weighted by Gasteiger charge is 2.04. The number of hydrogen-bond donors (Lipinski definition) is 2. The minimum Gasteiger partial charge on any atom is -0.478 e. The first-order valence-electron chi connectivity index (χ1n) is 4.88. The second kappa shape index (κ2) is 5.20. The lowest BCUT2D eigenvalue weighted by Gasteiger charge is -2.10. The van der Waals surface area contributed by atoms with E-state index in [-0.39, 0.29) is 12.1 Å². The van der Waals surface area contributed by atoms with Crippen molar-refractivity contribution in [1.82, 2.24) is 0 Å². The summed E-state index contributed by atoms with van der Waals surface area (Å²) in [6.07, 6.45) is 0.919. The Bertz CT molecular complexity index is 372. The van der Waals surface area contributed by atoms with E-state index in [9.17, 15) is 4.79 Å². The van der Waals surface area contributed by atoms with Crippen LogP contribution in [-0.2, 0) is 11.2 Å². The van der Waals surface area contributed by atoms with Crippen molar-refractivity contribution in [2.24, 2.45) is 0 Å². The van der Waals surface area contributed by atoms with E-state index in [0.717, 1.165) is 12.1 Å². The van der Waals surface area contributed by atoms with Crippen LogP contribution in [0.3, 0.4) is 0 Å². The Labute approximate surface area is 89.4 Å². The molecule has 0 amide bonds. The third kappa shape index (κ3) is 3.13. The summed E-state index contributed by atoms with van der Waals surface area (Å²) in [5, 5.41) is 11.7. The summed E-state index contributed by atoms with van der Waals surface area (Å²) in [5.74, 6) is -0.962. The number of aliphatic carboxylic acids is 1. The summed E-state index contributed by atoms with van der Waals surface area (Å²) in [7, 11) is 0. The number of nitrogens with one attached hydrogen (secondary N) is 1. The van der Waals surface area contributed by atoms with Crippen LogP contribution in [0.4, 0.5) is 5.69 Å². The molecule has 0 heterocycles. The van der Waals surface area contributed by atoms with Crippen molar-refractivity contribution in [3.8, 4) is 0 Å². The minimum atomic E-state index is -0.962. The Balaban J connectivity index is 2.65. The molecule has 0 bridgehead atoms. The standard InChI is InChI=1S/C12H15NO2/c1-3-10-6-4-5-7-11(10)13-8-9(2)12(14)15/h4-7,13H,2-3,8H2,1H3,(H,14,15). The van der Waals surface area contributed by atoms with Gasteiger partial charge in [-0.15, -0.1) is 0 Å². The fraction of sp³-hybridized carbons (Fsp3) is 0.250. The largest absolute Gasteiger partial charge is 0.478 e. The van der Waals surface area contributed by atoms with Crippen LogP contribution in [0.25, 0.3) is 0 Å². The lowest BCUT2D eigenvalue weighted by Crippen LogP contribution is -2.12. The molecule has 3 nitrogen and oxygen atoms in total. The van der Waals surface area contributed by atoms with Gasteiger partial charge in [-0.1, -0.05) is 31.7 Å². The molecule has 0 atom stereocenters. The van der Waals surface area contributed by atoms with E-state index in [1.807, 2.05) is 24.3 Å². The maximum Gasteiger partial charge on any atom is 0.332 e. The Kier molecular flexibility index (Phi) is 3.92. The maximum absolute atomic E-state index is 10.5. The third-order valence-corrected chi connectivity index (χ3v) is 2.19. The molecule has 80 valence electrons. The number of carboxylic acids is 1. The quantitative estimate of drug-likeness (QED) is 0.725. The Morgan fingerprint density at radius 2 is 2.13 bits per heavy atom. The lowest BCUT2D eigenvalue weighted by atomic mass is 10.1. The second-order valence-electron chi connectivity index (χ2n) is 3.27. The molecular formula is C12H15NO2. The number of aryl methyl sites for hydroxylation is 1. The van der Waals surface area contributed by atoms with Gasteiger partial charge in [-0.2, -0.15) is 0 Å². The minimum absolute atomic E-state index is 0.168. The molecule has 15 heavy (non-hydrogen) atoms. The number of carboxylic acid groups (broad SMARTS) is 1. The fourth-order valence-electron chi connectivity index (χ4n) is 1.28. The number of carbonyl (C=O) groups is 1. The molecule has 1 aromatic rings. The fourth-order valence-corrected chi connectivity index (χ4v) is 1.28. The van der Waals surface area contributed by atoms with Crippen LogP contribution in [0, 0.1) is 0 Å². The highest BCUT2D eigenvalue weighted by molar-refractivity contribution is 5.86. The molecule has 0 radical (unpaired) electrons. The van der Waals surface area contributed by atoms with Crippen molar-refractivity contribution in [1.29, 1.82) is 0 Å². The average molecular weight is 205 g/mol. The number of benzene rings is 1. The number of anilines is 1. The Morgan fingerprint density at radius 3 is 2.73 bits per heavy atom. The van der Waals surface area contributed by atoms with Crippen LogP contribution in [0.15, 0.2) is 36.4 Å². The first-order valence-corrected chi connectivity index (χ1v) is 4.88. The number of hydrogen-bond acceptors (Lipinski definition) is 2. The zero-order chi connectivity index (χ0) is 11.3. The van der Waals surface area contributed by atoms with Crippen LogP contribution in [0.5, 0.6) is 0 Å². The summed E-state index contributed by atoms with van der Waals surface area (Å²) in [6.45, 7) is 5.79. The molecule has 0 saturated carbocycles. The van der Waals surface area contributed by atoms with Crippen molar-refractivity contribution in [2.75, 3.05) is 11.9 Å². The van der Waals surface area contributed by atoms with Crippen molar-refractivity contribution < 1.29 is 9.90 Å². The molecule has 0 unspecified atom stereocenters. The van der Waals surface area contributed by atoms with E-state index in [4.69, 9.17) is 5.11 Å². The van der Waals surface area contributed by atoms with Crippen molar-refractivity contribution in [3.63, 3.8) is 0 Å². The lowest BCUT2D eigenvalue weighted by molar-refractivity contribution is -0.132. The summed E-state index contributed by atoms with van der Waals surface area (Å²) in [4.78, 5) is 10.5. The topological polar surface area (TPSA) is 49.3 Å². The number of rotatable bonds is 5. The molecule has 0 fully saturated rings. The zero-order valence-corrected chi connectivity index (χ0v) is 8.79. The van der Waals surface area contributed by atoms with Crippen molar-refractivity contribution >= 4 is 11.7 Å². The highest BCUT2D eigenvalue weighted by Crippen LogP contribution is 2.15. The van der Waals surface area contributed by atoms with E-state index in [1.165, 1.54) is 5.56 Å². The van der Waals surface area contributed by atoms with Gasteiger partial charge < -0.3 is 10.4 Å². The van der Waals surface area contributed by atoms with Gasteiger partial charge in [-0.3, -0.25) is 0 Å². The summed E-state index contributed by atoms with van der Waals surface area (Å²) >= 11 is 0. The van der Waals surface area contributed by atoms with Crippen LogP contribution < -0.4 is 5.32 Å². The molecule has 0 aliphatic carbocycles. The molecule has 1 aromatic carbocycles. The van der Waals surface area contributed by atoms with Gasteiger partial charge in [0, 0.05) is 17.8 Å². The van der Waals surface area contributed by atoms with Crippen molar-refractivity contribution in [2.45, 2.75) is 13.3 Å². The molecule has 0 aliphatic rings. The van der Waals surface area contributed by atoms with Gasteiger partial charge in [0.25, 0.3) is 0 Å². The second-order valence-corrected chi connectivity index (χ2v) is 3.27. The van der Waals surface area contributed by atoms with E-state index in [0.29, 0.717) is 0 Å².